The van der Waals surface area contributed by atoms with Crippen molar-refractivity contribution in [1.82, 2.24) is 10.3 Å². The molecule has 0 radical (unpaired) electrons. The number of aromatic nitrogens is 1. The largest absolute Gasteiger partial charge is 0.348 e. The molecule has 2 aromatic rings. The highest BCUT2D eigenvalue weighted by atomic mass is 35.5. The van der Waals surface area contributed by atoms with E-state index in [0.717, 1.165) is 11.1 Å². The van der Waals surface area contributed by atoms with Gasteiger partial charge in [-0.1, -0.05) is 35.9 Å². The van der Waals surface area contributed by atoms with Crippen molar-refractivity contribution in [3.05, 3.63) is 71.0 Å². The van der Waals surface area contributed by atoms with E-state index in [9.17, 15) is 4.79 Å². The molecule has 1 aromatic carbocycles. The van der Waals surface area contributed by atoms with E-state index in [1.54, 1.807) is 24.5 Å². The van der Waals surface area contributed by atoms with Crippen molar-refractivity contribution in [2.45, 2.75) is 6.54 Å². The minimum atomic E-state index is -0.163. The average Bonchev–Trinajstić information content (AvgIpc) is 2.45. The highest BCUT2D eigenvalue weighted by Gasteiger charge is 2.00. The zero-order valence-corrected chi connectivity index (χ0v) is 11.0. The number of amides is 1. The van der Waals surface area contributed by atoms with Crippen LogP contribution in [0.3, 0.4) is 0 Å². The number of hydrogen-bond acceptors (Lipinski definition) is 2. The molecular formula is C15H13ClN2O. The molecular weight excluding hydrogens is 260 g/mol. The van der Waals surface area contributed by atoms with Gasteiger partial charge in [0.05, 0.1) is 0 Å². The predicted molar refractivity (Wildman–Crippen MR) is 76.6 cm³/mol. The molecule has 0 atom stereocenters. The number of halogens is 1. The van der Waals surface area contributed by atoms with Crippen LogP contribution in [0.4, 0.5) is 0 Å². The maximum atomic E-state index is 11.6. The Balaban J connectivity index is 1.89. The van der Waals surface area contributed by atoms with E-state index >= 15 is 0 Å². The van der Waals surface area contributed by atoms with Crippen molar-refractivity contribution in [1.29, 1.82) is 0 Å². The fourth-order valence-electron chi connectivity index (χ4n) is 1.53. The van der Waals surface area contributed by atoms with E-state index in [2.05, 4.69) is 10.3 Å². The quantitative estimate of drug-likeness (QED) is 0.869. The van der Waals surface area contributed by atoms with Crippen molar-refractivity contribution < 1.29 is 4.79 Å². The normalized spacial score (nSPS) is 10.6. The maximum absolute atomic E-state index is 11.6. The number of pyridine rings is 1. The summed E-state index contributed by atoms with van der Waals surface area (Å²) < 4.78 is 0. The fraction of sp³-hybridized carbons (Fsp3) is 0.0667. The third-order valence-corrected chi connectivity index (χ3v) is 2.89. The van der Waals surface area contributed by atoms with Gasteiger partial charge in [-0.3, -0.25) is 9.78 Å². The highest BCUT2D eigenvalue weighted by Crippen LogP contribution is 2.14. The van der Waals surface area contributed by atoms with Crippen LogP contribution in [0.5, 0.6) is 0 Å². The molecule has 1 amide bonds. The highest BCUT2D eigenvalue weighted by molar-refractivity contribution is 6.31. The summed E-state index contributed by atoms with van der Waals surface area (Å²) in [4.78, 5) is 15.6. The Morgan fingerprint density at radius 3 is 2.84 bits per heavy atom. The Bertz CT molecular complexity index is 582. The van der Waals surface area contributed by atoms with Crippen molar-refractivity contribution in [3.63, 3.8) is 0 Å². The third kappa shape index (κ3) is 4.23. The zero-order chi connectivity index (χ0) is 13.5. The Morgan fingerprint density at radius 1 is 1.26 bits per heavy atom. The summed E-state index contributed by atoms with van der Waals surface area (Å²) in [5.74, 6) is -0.163. The second-order valence-corrected chi connectivity index (χ2v) is 4.34. The maximum Gasteiger partial charge on any atom is 0.244 e. The Kier molecular flexibility index (Phi) is 4.70. The monoisotopic (exact) mass is 272 g/mol. The molecule has 0 saturated heterocycles. The summed E-state index contributed by atoms with van der Waals surface area (Å²) >= 11 is 6.00. The van der Waals surface area contributed by atoms with E-state index in [0.29, 0.717) is 11.6 Å². The van der Waals surface area contributed by atoms with Crippen molar-refractivity contribution in [2.24, 2.45) is 0 Å². The van der Waals surface area contributed by atoms with E-state index < -0.39 is 0 Å². The van der Waals surface area contributed by atoms with Gasteiger partial charge in [-0.15, -0.1) is 0 Å². The first-order valence-electron chi connectivity index (χ1n) is 5.85. The number of rotatable bonds is 4. The van der Waals surface area contributed by atoms with Gasteiger partial charge in [0.25, 0.3) is 0 Å². The van der Waals surface area contributed by atoms with Gasteiger partial charge in [0, 0.05) is 30.0 Å². The lowest BCUT2D eigenvalue weighted by Crippen LogP contribution is -2.20. The second kappa shape index (κ2) is 6.71. The van der Waals surface area contributed by atoms with Crippen LogP contribution in [0, 0.1) is 0 Å². The van der Waals surface area contributed by atoms with Crippen molar-refractivity contribution in [3.8, 4) is 0 Å². The summed E-state index contributed by atoms with van der Waals surface area (Å²) in [5.41, 5.74) is 1.78. The minimum absolute atomic E-state index is 0.163. The standard InChI is InChI=1S/C15H13ClN2O/c16-14-6-2-1-5-13(14)11-18-15(19)8-7-12-4-3-9-17-10-12/h1-10H,11H2,(H,18,19). The number of nitrogens with zero attached hydrogens (tertiary/aromatic N) is 1. The molecule has 2 rings (SSSR count). The Labute approximate surface area is 116 Å². The first-order valence-corrected chi connectivity index (χ1v) is 6.23. The van der Waals surface area contributed by atoms with E-state index in [1.807, 2.05) is 30.3 Å². The van der Waals surface area contributed by atoms with Crippen LogP contribution in [0.1, 0.15) is 11.1 Å². The number of benzene rings is 1. The lowest BCUT2D eigenvalue weighted by atomic mass is 10.2. The second-order valence-electron chi connectivity index (χ2n) is 3.93. The molecule has 0 aliphatic rings. The molecule has 0 unspecified atom stereocenters. The van der Waals surface area contributed by atoms with Gasteiger partial charge in [0.15, 0.2) is 0 Å². The molecule has 96 valence electrons. The topological polar surface area (TPSA) is 42.0 Å². The van der Waals surface area contributed by atoms with Gasteiger partial charge in [-0.05, 0) is 29.3 Å². The van der Waals surface area contributed by atoms with Crippen molar-refractivity contribution in [2.75, 3.05) is 0 Å². The zero-order valence-electron chi connectivity index (χ0n) is 10.2. The van der Waals surface area contributed by atoms with Crippen LogP contribution in [-0.4, -0.2) is 10.9 Å². The van der Waals surface area contributed by atoms with Crippen LogP contribution < -0.4 is 5.32 Å². The first-order chi connectivity index (χ1) is 9.25. The van der Waals surface area contributed by atoms with Crippen LogP contribution in [0.25, 0.3) is 6.08 Å². The molecule has 1 heterocycles. The van der Waals surface area contributed by atoms with Gasteiger partial charge < -0.3 is 5.32 Å². The summed E-state index contributed by atoms with van der Waals surface area (Å²) in [7, 11) is 0. The lowest BCUT2D eigenvalue weighted by Gasteiger charge is -2.04. The van der Waals surface area contributed by atoms with Gasteiger partial charge in [0.1, 0.15) is 0 Å². The minimum Gasteiger partial charge on any atom is -0.348 e. The van der Waals surface area contributed by atoms with Crippen LogP contribution in [-0.2, 0) is 11.3 Å². The van der Waals surface area contributed by atoms with Gasteiger partial charge in [-0.2, -0.15) is 0 Å². The van der Waals surface area contributed by atoms with E-state index in [1.165, 1.54) is 6.08 Å². The summed E-state index contributed by atoms with van der Waals surface area (Å²) in [6.45, 7) is 0.413. The number of carbonyl (C=O) groups is 1. The molecule has 0 spiro atoms. The predicted octanol–water partition coefficient (Wildman–Crippen LogP) is 3.06. The third-order valence-electron chi connectivity index (χ3n) is 2.52. The summed E-state index contributed by atoms with van der Waals surface area (Å²) in [5, 5.41) is 3.43. The molecule has 0 aliphatic carbocycles. The van der Waals surface area contributed by atoms with Gasteiger partial charge in [-0.25, -0.2) is 0 Å². The summed E-state index contributed by atoms with van der Waals surface area (Å²) in [6.07, 6.45) is 6.58. The molecule has 1 N–H and O–H groups in total. The molecule has 1 aromatic heterocycles. The first kappa shape index (κ1) is 13.3. The SMILES string of the molecule is O=C(C=Cc1cccnc1)NCc1ccccc1Cl. The lowest BCUT2D eigenvalue weighted by molar-refractivity contribution is -0.116. The van der Waals surface area contributed by atoms with E-state index in [4.69, 9.17) is 11.6 Å². The molecule has 3 nitrogen and oxygen atoms in total. The van der Waals surface area contributed by atoms with Crippen LogP contribution in [0.15, 0.2) is 54.9 Å². The number of carbonyl (C=O) groups excluding carboxylic acids is 1. The number of hydrogen-bond donors (Lipinski definition) is 1. The van der Waals surface area contributed by atoms with Crippen LogP contribution >= 0.6 is 11.6 Å². The van der Waals surface area contributed by atoms with E-state index in [-0.39, 0.29) is 5.91 Å². The smallest absolute Gasteiger partial charge is 0.244 e. The fourth-order valence-corrected chi connectivity index (χ4v) is 1.73. The van der Waals surface area contributed by atoms with Gasteiger partial charge in [0.2, 0.25) is 5.91 Å². The van der Waals surface area contributed by atoms with Crippen LogP contribution in [0.2, 0.25) is 5.02 Å². The molecule has 0 saturated carbocycles. The Morgan fingerprint density at radius 2 is 2.11 bits per heavy atom. The molecule has 0 bridgehead atoms. The average molecular weight is 273 g/mol. The molecule has 4 heteroatoms. The number of nitrogens with one attached hydrogen (secondary N) is 1. The molecule has 19 heavy (non-hydrogen) atoms. The molecule has 0 aliphatic heterocycles. The molecule has 0 fully saturated rings. The Hall–Kier alpha value is -2.13. The van der Waals surface area contributed by atoms with Gasteiger partial charge >= 0.3 is 0 Å². The summed E-state index contributed by atoms with van der Waals surface area (Å²) in [6, 6.07) is 11.1. The van der Waals surface area contributed by atoms with Crippen molar-refractivity contribution >= 4 is 23.6 Å².